The number of rotatable bonds is 5. The Morgan fingerprint density at radius 2 is 1.74 bits per heavy atom. The number of imidazole rings is 1. The molecule has 0 spiro atoms. The Labute approximate surface area is 196 Å². The van der Waals surface area contributed by atoms with E-state index in [1.807, 2.05) is 35.9 Å². The molecule has 5 aromatic rings. The van der Waals surface area contributed by atoms with E-state index in [4.69, 9.17) is 0 Å². The molecule has 34 heavy (non-hydrogen) atoms. The third-order valence-electron chi connectivity index (χ3n) is 5.16. The topological polar surface area (TPSA) is 141 Å². The summed E-state index contributed by atoms with van der Waals surface area (Å²) in [6.45, 7) is 0. The number of sulfonamides is 1. The number of hydrogen-bond donors (Lipinski definition) is 4. The van der Waals surface area contributed by atoms with Crippen LogP contribution in [0.5, 0.6) is 0 Å². The van der Waals surface area contributed by atoms with E-state index in [9.17, 15) is 18.0 Å². The second kappa shape index (κ2) is 8.32. The van der Waals surface area contributed by atoms with Crippen LogP contribution in [0.1, 0.15) is 10.4 Å². The number of aromatic amines is 2. The average Bonchev–Trinajstić information content (AvgIpc) is 3.36. The summed E-state index contributed by atoms with van der Waals surface area (Å²) in [5.41, 5.74) is 4.63. The highest BCUT2D eigenvalue weighted by molar-refractivity contribution is 7.92. The van der Waals surface area contributed by atoms with Crippen LogP contribution < -0.4 is 20.6 Å². The van der Waals surface area contributed by atoms with Gasteiger partial charge in [-0.2, -0.15) is 0 Å². The fourth-order valence-corrected chi connectivity index (χ4v) is 5.50. The zero-order chi connectivity index (χ0) is 23.9. The van der Waals surface area contributed by atoms with E-state index in [1.54, 1.807) is 0 Å². The van der Waals surface area contributed by atoms with Crippen molar-refractivity contribution in [1.29, 1.82) is 0 Å². The molecule has 0 aliphatic heterocycles. The minimum atomic E-state index is -3.90. The van der Waals surface area contributed by atoms with Crippen molar-refractivity contribution in [2.45, 2.75) is 4.90 Å². The van der Waals surface area contributed by atoms with Gasteiger partial charge >= 0.3 is 5.69 Å². The quantitative estimate of drug-likeness (QED) is 0.279. The van der Waals surface area contributed by atoms with E-state index in [2.05, 4.69) is 25.2 Å². The molecule has 10 nitrogen and oxygen atoms in total. The number of H-pyrrole nitrogens is 2. The van der Waals surface area contributed by atoms with Crippen molar-refractivity contribution in [2.24, 2.45) is 12.1 Å². The molecule has 0 bridgehead atoms. The molecule has 2 aromatic heterocycles. The summed E-state index contributed by atoms with van der Waals surface area (Å²) >= 11 is 1.45. The largest absolute Gasteiger partial charge is 0.323 e. The predicted octanol–water partition coefficient (Wildman–Crippen LogP) is 2.46. The van der Waals surface area contributed by atoms with E-state index >= 15 is 0 Å². The van der Waals surface area contributed by atoms with Crippen molar-refractivity contribution in [2.75, 3.05) is 4.72 Å². The van der Waals surface area contributed by atoms with Gasteiger partial charge < -0.3 is 14.5 Å². The van der Waals surface area contributed by atoms with Gasteiger partial charge in [0.15, 0.2) is 0 Å². The lowest BCUT2D eigenvalue weighted by atomic mass is 10.2. The minimum absolute atomic E-state index is 0.00734. The molecule has 0 saturated heterocycles. The molecule has 0 atom stereocenters. The molecule has 172 valence electrons. The lowest BCUT2D eigenvalue weighted by Crippen LogP contribution is -2.23. The number of aryl methyl sites for hydroxylation is 1. The molecule has 0 aliphatic carbocycles. The van der Waals surface area contributed by atoms with Gasteiger partial charge in [0, 0.05) is 18.3 Å². The summed E-state index contributed by atoms with van der Waals surface area (Å²) in [4.78, 5) is 29.6. The molecule has 0 fully saturated rings. The number of anilines is 1. The molecular weight excluding hydrogens is 476 g/mol. The number of carbonyl (C=O) groups is 1. The maximum atomic E-state index is 12.7. The molecule has 0 radical (unpaired) electrons. The summed E-state index contributed by atoms with van der Waals surface area (Å²) < 4.78 is 30.9. The number of hydrogen-bond acceptors (Lipinski definition) is 6. The summed E-state index contributed by atoms with van der Waals surface area (Å²) in [5.74, 6) is -0.422. The number of amides is 1. The number of carbonyl (C=O) groups excluding carboxylic acids is 1. The Balaban J connectivity index is 1.31. The van der Waals surface area contributed by atoms with Crippen LogP contribution in [0.3, 0.4) is 0 Å². The van der Waals surface area contributed by atoms with Gasteiger partial charge in [0.2, 0.25) is 4.80 Å². The maximum absolute atomic E-state index is 12.7. The minimum Gasteiger partial charge on any atom is -0.318 e. The predicted molar refractivity (Wildman–Crippen MR) is 130 cm³/mol. The Hall–Kier alpha value is -4.16. The number of nitrogens with one attached hydrogen (secondary N) is 4. The van der Waals surface area contributed by atoms with Gasteiger partial charge in [-0.1, -0.05) is 23.5 Å². The Morgan fingerprint density at radius 1 is 1.00 bits per heavy atom. The highest BCUT2D eigenvalue weighted by atomic mass is 32.2. The van der Waals surface area contributed by atoms with Crippen LogP contribution in [-0.2, 0) is 17.1 Å². The van der Waals surface area contributed by atoms with Crippen molar-refractivity contribution >= 4 is 54.2 Å². The highest BCUT2D eigenvalue weighted by Crippen LogP contribution is 2.20. The fraction of sp³-hybridized carbons (Fsp3) is 0.0455. The van der Waals surface area contributed by atoms with Crippen LogP contribution in [-0.4, -0.2) is 28.9 Å². The van der Waals surface area contributed by atoms with Crippen molar-refractivity contribution < 1.29 is 13.2 Å². The Kier molecular flexibility index (Phi) is 5.30. The first-order valence-electron chi connectivity index (χ1n) is 10.0. The van der Waals surface area contributed by atoms with E-state index in [1.165, 1.54) is 53.8 Å². The lowest BCUT2D eigenvalue weighted by Gasteiger charge is -2.09. The summed E-state index contributed by atoms with van der Waals surface area (Å²) in [5, 5.41) is 4.21. The van der Waals surface area contributed by atoms with Crippen molar-refractivity contribution in [1.82, 2.24) is 20.0 Å². The molecule has 0 unspecified atom stereocenters. The number of thiazole rings is 1. The standard InChI is InChI=1S/C22H18N6O4S2/c1-28-18-4-2-3-5-19(18)33-22(28)26-25-20(29)13-6-8-14(9-7-13)27-34(31,32)15-10-11-16-17(12-15)24-21(30)23-16/h2-12,27H,1H3,(H,25,29)(H2,23,24,30)/b26-22-. The maximum Gasteiger partial charge on any atom is 0.323 e. The monoisotopic (exact) mass is 494 g/mol. The van der Waals surface area contributed by atoms with Crippen LogP contribution in [0, 0.1) is 0 Å². The van der Waals surface area contributed by atoms with E-state index in [0.29, 0.717) is 21.4 Å². The smallest absolute Gasteiger partial charge is 0.318 e. The van der Waals surface area contributed by atoms with Crippen LogP contribution in [0.15, 0.2) is 81.5 Å². The zero-order valence-electron chi connectivity index (χ0n) is 17.7. The SMILES string of the molecule is Cn1/c(=N/NC(=O)c2ccc(NS(=O)(=O)c3ccc4[nH]c(=O)[nH]c4c3)cc2)sc2ccccc21. The first-order chi connectivity index (χ1) is 16.3. The van der Waals surface area contributed by atoms with Gasteiger partial charge in [-0.3, -0.25) is 9.52 Å². The Morgan fingerprint density at radius 3 is 2.50 bits per heavy atom. The lowest BCUT2D eigenvalue weighted by molar-refractivity contribution is 0.0953. The molecule has 3 aromatic carbocycles. The molecule has 0 aliphatic rings. The second-order valence-electron chi connectivity index (χ2n) is 7.43. The molecule has 4 N–H and O–H groups in total. The second-order valence-corrected chi connectivity index (χ2v) is 10.1. The average molecular weight is 495 g/mol. The number of aromatic nitrogens is 3. The third-order valence-corrected chi connectivity index (χ3v) is 7.66. The molecule has 12 heteroatoms. The van der Waals surface area contributed by atoms with Crippen LogP contribution in [0.25, 0.3) is 21.3 Å². The first-order valence-corrected chi connectivity index (χ1v) is 12.3. The number of nitrogens with zero attached hydrogens (tertiary/aromatic N) is 2. The fourth-order valence-electron chi connectivity index (χ4n) is 3.43. The van der Waals surface area contributed by atoms with E-state index in [-0.39, 0.29) is 10.6 Å². The van der Waals surface area contributed by atoms with Crippen LogP contribution in [0.2, 0.25) is 0 Å². The third kappa shape index (κ3) is 4.11. The van der Waals surface area contributed by atoms with Gasteiger partial charge in [-0.05, 0) is 54.6 Å². The van der Waals surface area contributed by atoms with E-state index in [0.717, 1.165) is 10.2 Å². The first kappa shape index (κ1) is 21.7. The van der Waals surface area contributed by atoms with Crippen LogP contribution >= 0.6 is 11.3 Å². The van der Waals surface area contributed by atoms with Gasteiger partial charge in [0.1, 0.15) is 0 Å². The summed E-state index contributed by atoms with van der Waals surface area (Å²) in [7, 11) is -2.03. The molecule has 5 rings (SSSR count). The van der Waals surface area contributed by atoms with E-state index < -0.39 is 21.6 Å². The van der Waals surface area contributed by atoms with Gasteiger partial charge in [-0.15, -0.1) is 5.10 Å². The zero-order valence-corrected chi connectivity index (χ0v) is 19.3. The van der Waals surface area contributed by atoms with Crippen molar-refractivity contribution in [3.05, 3.63) is 87.6 Å². The van der Waals surface area contributed by atoms with Crippen LogP contribution in [0.4, 0.5) is 5.69 Å². The van der Waals surface area contributed by atoms with Gasteiger partial charge in [0.25, 0.3) is 15.9 Å². The van der Waals surface area contributed by atoms with Gasteiger partial charge in [0.05, 0.1) is 26.1 Å². The molecular formula is C22H18N6O4S2. The number of fused-ring (bicyclic) bond motifs is 2. The summed E-state index contributed by atoms with van der Waals surface area (Å²) in [6.07, 6.45) is 0. The normalized spacial score (nSPS) is 12.3. The van der Waals surface area contributed by atoms with Gasteiger partial charge in [-0.25, -0.2) is 18.6 Å². The summed E-state index contributed by atoms with van der Waals surface area (Å²) in [6, 6.07) is 18.1. The molecule has 2 heterocycles. The molecule has 1 amide bonds. The van der Waals surface area contributed by atoms with Crippen molar-refractivity contribution in [3.8, 4) is 0 Å². The number of para-hydroxylation sites is 1. The highest BCUT2D eigenvalue weighted by Gasteiger charge is 2.16. The Bertz CT molecular complexity index is 1780. The van der Waals surface area contributed by atoms with Crippen molar-refractivity contribution in [3.63, 3.8) is 0 Å². The number of benzene rings is 3. The molecule has 0 saturated carbocycles.